The molecule has 0 saturated carbocycles. The number of hydrogen-bond donors (Lipinski definition) is 1. The van der Waals surface area contributed by atoms with Gasteiger partial charge in [-0.3, -0.25) is 4.79 Å². The average molecular weight is 217 g/mol. The standard InChI is InChI=1S/C10H19NO4/c1-13-10(12)9(11)7-15-6-8-2-4-14-5-3-8/h8-9H,2-7,11H2,1H3. The van der Waals surface area contributed by atoms with Crippen LogP contribution in [-0.2, 0) is 19.0 Å². The second-order valence-electron chi connectivity index (χ2n) is 3.72. The molecule has 1 heterocycles. The number of hydrogen-bond acceptors (Lipinski definition) is 5. The second kappa shape index (κ2) is 6.76. The molecule has 1 aliphatic rings. The van der Waals surface area contributed by atoms with Gasteiger partial charge in [-0.25, -0.2) is 0 Å². The maximum absolute atomic E-state index is 10.9. The molecule has 15 heavy (non-hydrogen) atoms. The second-order valence-corrected chi connectivity index (χ2v) is 3.72. The Morgan fingerprint density at radius 3 is 2.80 bits per heavy atom. The summed E-state index contributed by atoms with van der Waals surface area (Å²) in [5.74, 6) is 0.102. The van der Waals surface area contributed by atoms with Crippen molar-refractivity contribution in [3.8, 4) is 0 Å². The number of esters is 1. The van der Waals surface area contributed by atoms with Crippen LogP contribution in [0.4, 0.5) is 0 Å². The molecule has 1 fully saturated rings. The summed E-state index contributed by atoms with van der Waals surface area (Å²) in [5, 5.41) is 0. The third kappa shape index (κ3) is 4.59. The summed E-state index contributed by atoms with van der Waals surface area (Å²) in [6, 6.07) is -0.671. The maximum atomic E-state index is 10.9. The number of ether oxygens (including phenoxy) is 3. The summed E-state index contributed by atoms with van der Waals surface area (Å²) in [5.41, 5.74) is 5.52. The van der Waals surface area contributed by atoms with E-state index in [9.17, 15) is 4.79 Å². The van der Waals surface area contributed by atoms with Crippen LogP contribution in [0.1, 0.15) is 12.8 Å². The highest BCUT2D eigenvalue weighted by molar-refractivity contribution is 5.75. The molecule has 1 saturated heterocycles. The van der Waals surface area contributed by atoms with E-state index in [-0.39, 0.29) is 6.61 Å². The van der Waals surface area contributed by atoms with Crippen LogP contribution in [0.25, 0.3) is 0 Å². The summed E-state index contributed by atoms with van der Waals surface area (Å²) >= 11 is 0. The van der Waals surface area contributed by atoms with Crippen LogP contribution in [0.2, 0.25) is 0 Å². The maximum Gasteiger partial charge on any atom is 0.325 e. The summed E-state index contributed by atoms with van der Waals surface area (Å²) in [6.45, 7) is 2.48. The van der Waals surface area contributed by atoms with Crippen LogP contribution in [0.5, 0.6) is 0 Å². The Bertz CT molecular complexity index is 192. The van der Waals surface area contributed by atoms with Gasteiger partial charge in [0.1, 0.15) is 6.04 Å². The first-order valence-corrected chi connectivity index (χ1v) is 5.23. The lowest BCUT2D eigenvalue weighted by molar-refractivity contribution is -0.143. The van der Waals surface area contributed by atoms with Crippen molar-refractivity contribution in [3.05, 3.63) is 0 Å². The third-order valence-electron chi connectivity index (χ3n) is 2.50. The molecule has 0 amide bonds. The summed E-state index contributed by atoms with van der Waals surface area (Å²) in [4.78, 5) is 10.9. The fourth-order valence-electron chi connectivity index (χ4n) is 1.49. The molecule has 2 N–H and O–H groups in total. The molecule has 1 rings (SSSR count). The number of nitrogens with two attached hydrogens (primary N) is 1. The van der Waals surface area contributed by atoms with E-state index in [1.54, 1.807) is 0 Å². The van der Waals surface area contributed by atoms with E-state index in [1.807, 2.05) is 0 Å². The first-order valence-electron chi connectivity index (χ1n) is 5.23. The Kier molecular flexibility index (Phi) is 5.60. The molecular formula is C10H19NO4. The summed E-state index contributed by atoms with van der Waals surface area (Å²) in [7, 11) is 1.32. The van der Waals surface area contributed by atoms with Gasteiger partial charge < -0.3 is 19.9 Å². The normalized spacial score (nSPS) is 19.9. The Hall–Kier alpha value is -0.650. The predicted molar refractivity (Wildman–Crippen MR) is 54.4 cm³/mol. The van der Waals surface area contributed by atoms with Crippen LogP contribution in [0.15, 0.2) is 0 Å². The Balaban J connectivity index is 2.07. The van der Waals surface area contributed by atoms with Crippen LogP contribution in [-0.4, -0.2) is 45.5 Å². The van der Waals surface area contributed by atoms with Crippen molar-refractivity contribution in [2.24, 2.45) is 11.7 Å². The monoisotopic (exact) mass is 217 g/mol. The molecule has 1 atom stereocenters. The number of rotatable bonds is 5. The molecule has 0 aromatic rings. The molecule has 1 unspecified atom stereocenters. The van der Waals surface area contributed by atoms with Gasteiger partial charge >= 0.3 is 5.97 Å². The zero-order valence-corrected chi connectivity index (χ0v) is 9.11. The van der Waals surface area contributed by atoms with Gasteiger partial charge in [0.15, 0.2) is 0 Å². The van der Waals surface area contributed by atoms with E-state index in [0.29, 0.717) is 12.5 Å². The van der Waals surface area contributed by atoms with Gasteiger partial charge in [-0.15, -0.1) is 0 Å². The predicted octanol–water partition coefficient (Wildman–Crippen LogP) is -0.0701. The minimum absolute atomic E-state index is 0.226. The van der Waals surface area contributed by atoms with Gasteiger partial charge in [0.2, 0.25) is 0 Å². The molecule has 5 heteroatoms. The van der Waals surface area contributed by atoms with Crippen LogP contribution in [0, 0.1) is 5.92 Å². The van der Waals surface area contributed by atoms with Crippen molar-refractivity contribution >= 4 is 5.97 Å². The van der Waals surface area contributed by atoms with Crippen LogP contribution < -0.4 is 5.73 Å². The smallest absolute Gasteiger partial charge is 0.325 e. The molecule has 0 spiro atoms. The van der Waals surface area contributed by atoms with Crippen molar-refractivity contribution < 1.29 is 19.0 Å². The number of methoxy groups -OCH3 is 1. The lowest BCUT2D eigenvalue weighted by Crippen LogP contribution is -2.36. The zero-order chi connectivity index (χ0) is 11.1. The van der Waals surface area contributed by atoms with E-state index < -0.39 is 12.0 Å². The zero-order valence-electron chi connectivity index (χ0n) is 9.11. The number of carbonyl (C=O) groups excluding carboxylic acids is 1. The van der Waals surface area contributed by atoms with Crippen molar-refractivity contribution in [1.29, 1.82) is 0 Å². The topological polar surface area (TPSA) is 70.8 Å². The van der Waals surface area contributed by atoms with Gasteiger partial charge in [-0.2, -0.15) is 0 Å². The van der Waals surface area contributed by atoms with Crippen molar-refractivity contribution in [3.63, 3.8) is 0 Å². The first kappa shape index (κ1) is 12.4. The highest BCUT2D eigenvalue weighted by Crippen LogP contribution is 2.14. The Labute approximate surface area is 89.9 Å². The minimum atomic E-state index is -0.671. The van der Waals surface area contributed by atoms with E-state index >= 15 is 0 Å². The van der Waals surface area contributed by atoms with Crippen molar-refractivity contribution in [1.82, 2.24) is 0 Å². The summed E-state index contributed by atoms with van der Waals surface area (Å²) < 4.78 is 15.1. The molecule has 1 aliphatic heterocycles. The fourth-order valence-corrected chi connectivity index (χ4v) is 1.49. The van der Waals surface area contributed by atoms with E-state index in [0.717, 1.165) is 26.1 Å². The Morgan fingerprint density at radius 2 is 2.20 bits per heavy atom. The van der Waals surface area contributed by atoms with Crippen molar-refractivity contribution in [2.75, 3.05) is 33.5 Å². The molecule has 0 aromatic heterocycles. The van der Waals surface area contributed by atoms with Gasteiger partial charge in [0, 0.05) is 19.8 Å². The number of carbonyl (C=O) groups is 1. The van der Waals surface area contributed by atoms with Crippen LogP contribution >= 0.6 is 0 Å². The molecule has 0 aliphatic carbocycles. The SMILES string of the molecule is COC(=O)C(N)COCC1CCOCC1. The minimum Gasteiger partial charge on any atom is -0.468 e. The molecule has 0 aromatic carbocycles. The molecular weight excluding hydrogens is 198 g/mol. The molecule has 0 bridgehead atoms. The highest BCUT2D eigenvalue weighted by atomic mass is 16.5. The molecule has 0 radical (unpaired) electrons. The van der Waals surface area contributed by atoms with Gasteiger partial charge in [-0.1, -0.05) is 0 Å². The first-order chi connectivity index (χ1) is 7.24. The summed E-state index contributed by atoms with van der Waals surface area (Å²) in [6.07, 6.45) is 2.04. The lowest BCUT2D eigenvalue weighted by Gasteiger charge is -2.22. The van der Waals surface area contributed by atoms with E-state index in [1.165, 1.54) is 7.11 Å². The quantitative estimate of drug-likeness (QED) is 0.653. The molecule has 88 valence electrons. The van der Waals surface area contributed by atoms with Gasteiger partial charge in [0.25, 0.3) is 0 Å². The van der Waals surface area contributed by atoms with E-state index in [2.05, 4.69) is 4.74 Å². The lowest BCUT2D eigenvalue weighted by atomic mass is 10.0. The fraction of sp³-hybridized carbons (Fsp3) is 0.900. The van der Waals surface area contributed by atoms with E-state index in [4.69, 9.17) is 15.2 Å². The Morgan fingerprint density at radius 1 is 1.53 bits per heavy atom. The van der Waals surface area contributed by atoms with Gasteiger partial charge in [0.05, 0.1) is 13.7 Å². The average Bonchev–Trinajstić information content (AvgIpc) is 2.29. The highest BCUT2D eigenvalue weighted by Gasteiger charge is 2.17. The van der Waals surface area contributed by atoms with Gasteiger partial charge in [-0.05, 0) is 18.8 Å². The van der Waals surface area contributed by atoms with Crippen molar-refractivity contribution in [2.45, 2.75) is 18.9 Å². The van der Waals surface area contributed by atoms with Crippen LogP contribution in [0.3, 0.4) is 0 Å². The largest absolute Gasteiger partial charge is 0.468 e. The third-order valence-corrected chi connectivity index (χ3v) is 2.50. The molecule has 5 nitrogen and oxygen atoms in total.